The van der Waals surface area contributed by atoms with Crippen LogP contribution in [0.2, 0.25) is 0 Å². The Bertz CT molecular complexity index is 1540. The van der Waals surface area contributed by atoms with Crippen molar-refractivity contribution >= 4 is 17.4 Å². The van der Waals surface area contributed by atoms with Gasteiger partial charge in [-0.25, -0.2) is 4.98 Å². The van der Waals surface area contributed by atoms with Crippen molar-refractivity contribution in [2.45, 2.75) is 52.6 Å². The molecular weight excluding hydrogens is 498 g/mol. The molecule has 3 N–H and O–H groups in total. The number of ketones is 1. The molecule has 11 nitrogen and oxygen atoms in total. The zero-order chi connectivity index (χ0) is 28.3. The lowest BCUT2D eigenvalue weighted by molar-refractivity contribution is -0.122. The molecule has 0 aliphatic rings. The molecule has 0 aliphatic heterocycles. The third kappa shape index (κ3) is 5.62. The number of hydrogen-bond acceptors (Lipinski definition) is 9. The van der Waals surface area contributed by atoms with Crippen molar-refractivity contribution < 1.29 is 14.0 Å². The molecule has 202 valence electrons. The second kappa shape index (κ2) is 11.0. The first-order chi connectivity index (χ1) is 18.5. The highest BCUT2D eigenvalue weighted by Crippen LogP contribution is 2.29. The van der Waals surface area contributed by atoms with E-state index < -0.39 is 35.3 Å². The highest BCUT2D eigenvalue weighted by atomic mass is 16.4. The molecule has 0 aliphatic carbocycles. The molecule has 0 saturated heterocycles. The van der Waals surface area contributed by atoms with Gasteiger partial charge in [0.2, 0.25) is 17.6 Å². The molecule has 0 radical (unpaired) electrons. The van der Waals surface area contributed by atoms with Crippen LogP contribution in [0.3, 0.4) is 0 Å². The lowest BCUT2D eigenvalue weighted by atomic mass is 9.89. The number of nitrogens with zero attached hydrogens (tertiary/aromatic N) is 5. The van der Waals surface area contributed by atoms with Crippen molar-refractivity contribution in [1.82, 2.24) is 30.0 Å². The Hall–Kier alpha value is -4.67. The summed E-state index contributed by atoms with van der Waals surface area (Å²) in [7, 11) is 0. The molecule has 1 atom stereocenters. The number of benzene rings is 1. The van der Waals surface area contributed by atoms with E-state index >= 15 is 0 Å². The maximum Gasteiger partial charge on any atom is 0.286 e. The van der Waals surface area contributed by atoms with Crippen molar-refractivity contribution in [3.8, 4) is 11.4 Å². The SMILES string of the molecule is Cc1nc(-c2ccccc2)n(CC(=O)NC(C(=O)c2nnc(C(C)(C)c3ccccn3)o2)C(C)C)c(=O)c1N. The summed E-state index contributed by atoms with van der Waals surface area (Å²) in [5.41, 5.74) is 6.33. The number of pyridine rings is 1. The molecule has 1 unspecified atom stereocenters. The van der Waals surface area contributed by atoms with E-state index in [-0.39, 0.29) is 23.4 Å². The normalized spacial score (nSPS) is 12.4. The first kappa shape index (κ1) is 27.4. The fourth-order valence-corrected chi connectivity index (χ4v) is 4.08. The summed E-state index contributed by atoms with van der Waals surface area (Å²) >= 11 is 0. The minimum Gasteiger partial charge on any atom is -0.417 e. The van der Waals surface area contributed by atoms with Gasteiger partial charge >= 0.3 is 0 Å². The average Bonchev–Trinajstić information content (AvgIpc) is 3.44. The van der Waals surface area contributed by atoms with Gasteiger partial charge in [0, 0.05) is 11.8 Å². The molecule has 3 aromatic heterocycles. The molecule has 3 heterocycles. The van der Waals surface area contributed by atoms with Crippen molar-refractivity contribution in [2.75, 3.05) is 5.73 Å². The van der Waals surface area contributed by atoms with Gasteiger partial charge in [-0.3, -0.25) is 23.9 Å². The third-order valence-electron chi connectivity index (χ3n) is 6.47. The van der Waals surface area contributed by atoms with Crippen molar-refractivity contribution in [3.63, 3.8) is 0 Å². The molecular formula is C28H31N7O4. The molecule has 11 heteroatoms. The van der Waals surface area contributed by atoms with Crippen molar-refractivity contribution in [3.05, 3.63) is 88.3 Å². The van der Waals surface area contributed by atoms with E-state index in [2.05, 4.69) is 25.5 Å². The van der Waals surface area contributed by atoms with Gasteiger partial charge in [-0.15, -0.1) is 10.2 Å². The second-order valence-corrected chi connectivity index (χ2v) is 10.1. The molecule has 4 aromatic rings. The number of rotatable bonds is 9. The van der Waals surface area contributed by atoms with E-state index in [1.165, 1.54) is 4.57 Å². The maximum atomic E-state index is 13.4. The number of amides is 1. The predicted molar refractivity (Wildman–Crippen MR) is 145 cm³/mol. The highest BCUT2D eigenvalue weighted by molar-refractivity contribution is 5.98. The quantitative estimate of drug-likeness (QED) is 0.311. The first-order valence-electron chi connectivity index (χ1n) is 12.5. The summed E-state index contributed by atoms with van der Waals surface area (Å²) < 4.78 is 6.98. The topological polar surface area (TPSA) is 159 Å². The van der Waals surface area contributed by atoms with Gasteiger partial charge < -0.3 is 15.5 Å². The van der Waals surface area contributed by atoms with Crippen LogP contribution >= 0.6 is 0 Å². The lowest BCUT2D eigenvalue weighted by Crippen LogP contribution is -2.46. The number of carbonyl (C=O) groups is 2. The Morgan fingerprint density at radius 1 is 1.08 bits per heavy atom. The summed E-state index contributed by atoms with van der Waals surface area (Å²) in [5.74, 6) is -1.12. The van der Waals surface area contributed by atoms with Crippen LogP contribution in [-0.4, -0.2) is 42.5 Å². The number of aromatic nitrogens is 5. The Kier molecular flexibility index (Phi) is 7.70. The maximum absolute atomic E-state index is 13.4. The van der Waals surface area contributed by atoms with E-state index in [0.717, 1.165) is 0 Å². The van der Waals surface area contributed by atoms with Gasteiger partial charge in [0.05, 0.1) is 22.8 Å². The van der Waals surface area contributed by atoms with Crippen LogP contribution < -0.4 is 16.6 Å². The van der Waals surface area contributed by atoms with Gasteiger partial charge in [-0.05, 0) is 38.8 Å². The Balaban J connectivity index is 1.58. The van der Waals surface area contributed by atoms with Crippen LogP contribution in [0.4, 0.5) is 5.69 Å². The Morgan fingerprint density at radius 2 is 1.77 bits per heavy atom. The van der Waals surface area contributed by atoms with E-state index in [4.69, 9.17) is 10.2 Å². The molecule has 39 heavy (non-hydrogen) atoms. The molecule has 1 aromatic carbocycles. The fourth-order valence-electron chi connectivity index (χ4n) is 4.08. The van der Waals surface area contributed by atoms with Gasteiger partial charge in [0.15, 0.2) is 0 Å². The second-order valence-electron chi connectivity index (χ2n) is 10.1. The van der Waals surface area contributed by atoms with Gasteiger partial charge in [0.1, 0.15) is 18.1 Å². The van der Waals surface area contributed by atoms with Gasteiger partial charge in [-0.2, -0.15) is 0 Å². The highest BCUT2D eigenvalue weighted by Gasteiger charge is 2.35. The van der Waals surface area contributed by atoms with E-state index in [0.29, 0.717) is 22.8 Å². The van der Waals surface area contributed by atoms with Crippen molar-refractivity contribution in [2.24, 2.45) is 5.92 Å². The number of carbonyl (C=O) groups excluding carboxylic acids is 2. The summed E-state index contributed by atoms with van der Waals surface area (Å²) in [4.78, 5) is 48.4. The Morgan fingerprint density at radius 3 is 2.41 bits per heavy atom. The number of nitrogens with two attached hydrogens (primary N) is 1. The van der Waals surface area contributed by atoms with Crippen molar-refractivity contribution in [1.29, 1.82) is 0 Å². The number of nitrogen functional groups attached to an aromatic ring is 1. The predicted octanol–water partition coefficient (Wildman–Crippen LogP) is 2.93. The summed E-state index contributed by atoms with van der Waals surface area (Å²) in [5, 5.41) is 10.8. The molecule has 0 spiro atoms. The van der Waals surface area contributed by atoms with Gasteiger partial charge in [0.25, 0.3) is 11.4 Å². The van der Waals surface area contributed by atoms with E-state index in [1.807, 2.05) is 32.0 Å². The molecule has 0 saturated carbocycles. The zero-order valence-corrected chi connectivity index (χ0v) is 22.5. The first-order valence-corrected chi connectivity index (χ1v) is 12.5. The molecule has 0 fully saturated rings. The Labute approximate surface area is 225 Å². The standard InChI is InChI=1S/C28H31N7O4/c1-16(2)22(23(37)25-33-34-27(39-25)28(4,5)19-13-9-10-14-30-19)32-20(36)15-35-24(18-11-7-6-8-12-18)31-17(3)21(29)26(35)38/h6-14,16,22H,15,29H2,1-5H3,(H,32,36). The van der Waals surface area contributed by atoms with Crippen LogP contribution in [0.1, 0.15) is 55.7 Å². The number of hydrogen-bond donors (Lipinski definition) is 2. The number of anilines is 1. The molecule has 1 amide bonds. The largest absolute Gasteiger partial charge is 0.417 e. The van der Waals surface area contributed by atoms with E-state index in [1.54, 1.807) is 57.3 Å². The average molecular weight is 530 g/mol. The van der Waals surface area contributed by atoms with Crippen LogP contribution in [0.25, 0.3) is 11.4 Å². The summed E-state index contributed by atoms with van der Waals surface area (Å²) in [6.07, 6.45) is 1.66. The monoisotopic (exact) mass is 529 g/mol. The number of nitrogens with one attached hydrogen (secondary N) is 1. The minimum absolute atomic E-state index is 0.0483. The van der Waals surface area contributed by atoms with Crippen LogP contribution in [-0.2, 0) is 16.8 Å². The smallest absolute Gasteiger partial charge is 0.286 e. The van der Waals surface area contributed by atoms with Crippen LogP contribution in [0.15, 0.2) is 63.9 Å². The zero-order valence-electron chi connectivity index (χ0n) is 22.5. The number of aryl methyl sites for hydroxylation is 1. The fraction of sp³-hybridized carbons (Fsp3) is 0.321. The van der Waals surface area contributed by atoms with Crippen LogP contribution in [0.5, 0.6) is 0 Å². The summed E-state index contributed by atoms with van der Waals surface area (Å²) in [6.45, 7) is 8.54. The molecule has 4 rings (SSSR count). The van der Waals surface area contributed by atoms with E-state index in [9.17, 15) is 14.4 Å². The molecule has 0 bridgehead atoms. The lowest BCUT2D eigenvalue weighted by Gasteiger charge is -2.21. The third-order valence-corrected chi connectivity index (χ3v) is 6.47. The van der Waals surface area contributed by atoms with Crippen LogP contribution in [0, 0.1) is 12.8 Å². The number of Topliss-reactive ketones (excluding diaryl/α,β-unsaturated/α-hetero) is 1. The summed E-state index contributed by atoms with van der Waals surface area (Å²) in [6, 6.07) is 13.5. The minimum atomic E-state index is -0.976. The van der Waals surface area contributed by atoms with Gasteiger partial charge in [-0.1, -0.05) is 50.2 Å².